The molecule has 2 N–H and O–H groups in total. The predicted molar refractivity (Wildman–Crippen MR) is 150 cm³/mol. The van der Waals surface area contributed by atoms with Gasteiger partial charge in [-0.15, -0.1) is 0 Å². The van der Waals surface area contributed by atoms with Crippen molar-refractivity contribution in [1.82, 2.24) is 9.80 Å². The highest BCUT2D eigenvalue weighted by Gasteiger charge is 2.09. The first-order valence-electron chi connectivity index (χ1n) is 13.5. The molecule has 0 fully saturated rings. The molecule has 0 aliphatic heterocycles. The van der Waals surface area contributed by atoms with Gasteiger partial charge in [-0.25, -0.2) is 0 Å². The van der Waals surface area contributed by atoms with Gasteiger partial charge in [0.1, 0.15) is 0 Å². The van der Waals surface area contributed by atoms with Crippen molar-refractivity contribution in [3.05, 3.63) is 71.8 Å². The minimum Gasteiger partial charge on any atom is -0.411 e. The van der Waals surface area contributed by atoms with E-state index in [2.05, 4.69) is 80.8 Å². The fourth-order valence-corrected chi connectivity index (χ4v) is 4.34. The van der Waals surface area contributed by atoms with Crippen LogP contribution in [-0.2, 0) is 13.1 Å². The van der Waals surface area contributed by atoms with Crippen molar-refractivity contribution in [1.29, 1.82) is 0 Å². The van der Waals surface area contributed by atoms with Crippen LogP contribution < -0.4 is 0 Å². The summed E-state index contributed by atoms with van der Waals surface area (Å²) in [6.07, 6.45) is 9.02. The minimum absolute atomic E-state index is 0.785. The lowest BCUT2D eigenvalue weighted by atomic mass is 10.1. The van der Waals surface area contributed by atoms with E-state index < -0.39 is 0 Å². The van der Waals surface area contributed by atoms with Crippen LogP contribution in [0.4, 0.5) is 0 Å². The first-order chi connectivity index (χ1) is 17.6. The average Bonchev–Trinajstić information content (AvgIpc) is 2.92. The predicted octanol–water partition coefficient (Wildman–Crippen LogP) is 6.81. The molecule has 0 aromatic heterocycles. The Morgan fingerprint density at radius 1 is 0.556 bits per heavy atom. The Balaban J connectivity index is 1.66. The van der Waals surface area contributed by atoms with E-state index in [4.69, 9.17) is 10.4 Å². The third kappa shape index (κ3) is 13.4. The van der Waals surface area contributed by atoms with Crippen LogP contribution in [0, 0.1) is 0 Å². The Kier molecular flexibility index (Phi) is 15.2. The quantitative estimate of drug-likeness (QED) is 0.0973. The van der Waals surface area contributed by atoms with E-state index in [1.54, 1.807) is 0 Å². The van der Waals surface area contributed by atoms with Gasteiger partial charge in [-0.1, -0.05) is 96.7 Å². The molecule has 36 heavy (non-hydrogen) atoms. The van der Waals surface area contributed by atoms with Crippen molar-refractivity contribution in [3.8, 4) is 0 Å². The van der Waals surface area contributed by atoms with Gasteiger partial charge in [0.05, 0.1) is 11.4 Å². The summed E-state index contributed by atoms with van der Waals surface area (Å²) in [4.78, 5) is 4.95. The Hall–Kier alpha value is -2.70. The van der Waals surface area contributed by atoms with Crippen LogP contribution in [0.2, 0.25) is 0 Å². The zero-order valence-corrected chi connectivity index (χ0v) is 22.4. The molecule has 2 aromatic rings. The van der Waals surface area contributed by atoms with Crippen LogP contribution in [0.3, 0.4) is 0 Å². The van der Waals surface area contributed by atoms with E-state index in [-0.39, 0.29) is 0 Å². The second kappa shape index (κ2) is 18.6. The molecule has 0 heterocycles. The monoisotopic (exact) mass is 494 g/mol. The molecule has 6 nitrogen and oxygen atoms in total. The molecule has 0 aliphatic rings. The number of nitrogens with zero attached hydrogens (tertiary/aromatic N) is 4. The summed E-state index contributed by atoms with van der Waals surface area (Å²) in [7, 11) is 0. The van der Waals surface area contributed by atoms with E-state index >= 15 is 0 Å². The number of oxime groups is 2. The van der Waals surface area contributed by atoms with Crippen LogP contribution in [0.1, 0.15) is 76.3 Å². The van der Waals surface area contributed by atoms with Crippen molar-refractivity contribution in [2.24, 2.45) is 10.3 Å². The summed E-state index contributed by atoms with van der Waals surface area (Å²) in [5.41, 5.74) is 4.23. The molecular formula is C30H46N4O2. The smallest absolute Gasteiger partial charge is 0.0552 e. The van der Waals surface area contributed by atoms with Crippen LogP contribution >= 0.6 is 0 Å². The van der Waals surface area contributed by atoms with Crippen molar-refractivity contribution < 1.29 is 10.4 Å². The van der Waals surface area contributed by atoms with Crippen LogP contribution in [0.15, 0.2) is 71.0 Å². The van der Waals surface area contributed by atoms with E-state index in [0.717, 1.165) is 63.5 Å². The number of benzene rings is 2. The van der Waals surface area contributed by atoms with E-state index in [0.29, 0.717) is 0 Å². The standard InChI is InChI=1S/C30H46N4O2/c1-27(31-35)19-23-33(25-29-15-9-7-10-16-29)21-13-5-3-4-6-14-22-34(24-20-28(2)32-36)26-30-17-11-8-12-18-30/h7-12,15-18,35-36H,3-6,13-14,19-26H2,1-2H3/b31-27+,32-28+. The molecule has 0 spiro atoms. The topological polar surface area (TPSA) is 71.7 Å². The van der Waals surface area contributed by atoms with E-state index in [9.17, 15) is 0 Å². The summed E-state index contributed by atoms with van der Waals surface area (Å²) >= 11 is 0. The molecule has 2 rings (SSSR count). The van der Waals surface area contributed by atoms with Gasteiger partial charge in [0.15, 0.2) is 0 Å². The first kappa shape index (κ1) is 29.5. The van der Waals surface area contributed by atoms with Crippen LogP contribution in [-0.4, -0.2) is 57.8 Å². The third-order valence-corrected chi connectivity index (χ3v) is 6.62. The fourth-order valence-electron chi connectivity index (χ4n) is 4.34. The number of unbranched alkanes of at least 4 members (excludes halogenated alkanes) is 5. The Bertz CT molecular complexity index is 798. The second-order valence-electron chi connectivity index (χ2n) is 9.82. The van der Waals surface area contributed by atoms with Gasteiger partial charge in [-0.05, 0) is 50.9 Å². The van der Waals surface area contributed by atoms with Crippen molar-refractivity contribution in [2.45, 2.75) is 78.3 Å². The Morgan fingerprint density at radius 2 is 0.917 bits per heavy atom. The largest absolute Gasteiger partial charge is 0.411 e. The number of hydrogen-bond donors (Lipinski definition) is 2. The van der Waals surface area contributed by atoms with Gasteiger partial charge < -0.3 is 10.4 Å². The summed E-state index contributed by atoms with van der Waals surface area (Å²) in [6, 6.07) is 21.2. The molecule has 2 aromatic carbocycles. The fraction of sp³-hybridized carbons (Fsp3) is 0.533. The molecule has 0 saturated carbocycles. The molecular weight excluding hydrogens is 448 g/mol. The maximum Gasteiger partial charge on any atom is 0.0552 e. The lowest BCUT2D eigenvalue weighted by molar-refractivity contribution is 0.259. The van der Waals surface area contributed by atoms with Gasteiger partial charge in [-0.3, -0.25) is 9.80 Å². The lowest BCUT2D eigenvalue weighted by Gasteiger charge is -2.23. The summed E-state index contributed by atoms with van der Waals surface area (Å²) in [5, 5.41) is 24.6. The van der Waals surface area contributed by atoms with Gasteiger partial charge >= 0.3 is 0 Å². The maximum absolute atomic E-state index is 8.98. The van der Waals surface area contributed by atoms with E-state index in [1.165, 1.54) is 49.7 Å². The maximum atomic E-state index is 8.98. The molecule has 0 unspecified atom stereocenters. The second-order valence-corrected chi connectivity index (χ2v) is 9.82. The number of hydrogen-bond acceptors (Lipinski definition) is 6. The van der Waals surface area contributed by atoms with Crippen molar-refractivity contribution >= 4 is 11.4 Å². The summed E-state index contributed by atoms with van der Waals surface area (Å²) < 4.78 is 0. The molecule has 6 heteroatoms. The molecule has 0 amide bonds. The number of rotatable bonds is 19. The zero-order valence-electron chi connectivity index (χ0n) is 22.4. The molecule has 0 saturated heterocycles. The highest BCUT2D eigenvalue weighted by molar-refractivity contribution is 5.81. The molecule has 0 radical (unpaired) electrons. The highest BCUT2D eigenvalue weighted by Crippen LogP contribution is 2.12. The van der Waals surface area contributed by atoms with Gasteiger partial charge in [0.25, 0.3) is 0 Å². The van der Waals surface area contributed by atoms with Crippen molar-refractivity contribution in [2.75, 3.05) is 26.2 Å². The average molecular weight is 495 g/mol. The van der Waals surface area contributed by atoms with Gasteiger partial charge in [0.2, 0.25) is 0 Å². The molecule has 198 valence electrons. The SMILES string of the molecule is C/C(CCN(CCCCCCCCN(CC/C(C)=N/O)Cc1ccccc1)Cc1ccccc1)=N\O. The lowest BCUT2D eigenvalue weighted by Crippen LogP contribution is -2.27. The molecule has 0 atom stereocenters. The van der Waals surface area contributed by atoms with Crippen LogP contribution in [0.5, 0.6) is 0 Å². The Morgan fingerprint density at radius 3 is 1.28 bits per heavy atom. The molecule has 0 aliphatic carbocycles. The Labute approximate surface area is 218 Å². The summed E-state index contributed by atoms with van der Waals surface area (Å²) in [6.45, 7) is 9.63. The highest BCUT2D eigenvalue weighted by atomic mass is 16.4. The third-order valence-electron chi connectivity index (χ3n) is 6.62. The van der Waals surface area contributed by atoms with Gasteiger partial charge in [-0.2, -0.15) is 0 Å². The zero-order chi connectivity index (χ0) is 25.8. The summed E-state index contributed by atoms with van der Waals surface area (Å²) in [5.74, 6) is 0. The normalized spacial score (nSPS) is 12.6. The molecule has 0 bridgehead atoms. The van der Waals surface area contributed by atoms with Gasteiger partial charge in [0, 0.05) is 39.0 Å². The van der Waals surface area contributed by atoms with Crippen LogP contribution in [0.25, 0.3) is 0 Å². The van der Waals surface area contributed by atoms with E-state index in [1.807, 2.05) is 13.8 Å². The first-order valence-corrected chi connectivity index (χ1v) is 13.5. The minimum atomic E-state index is 0.785. The van der Waals surface area contributed by atoms with Crippen molar-refractivity contribution in [3.63, 3.8) is 0 Å².